The molecule has 0 amide bonds. The van der Waals surface area contributed by atoms with Crippen LogP contribution in [0.5, 0.6) is 0 Å². The highest BCUT2D eigenvalue weighted by Gasteiger charge is 2.22. The molecule has 1 aromatic carbocycles. The Morgan fingerprint density at radius 2 is 2.00 bits per heavy atom. The van der Waals surface area contributed by atoms with Crippen molar-refractivity contribution in [2.45, 2.75) is 45.4 Å². The minimum atomic E-state index is 0.292. The highest BCUT2D eigenvalue weighted by Crippen LogP contribution is 2.27. The van der Waals surface area contributed by atoms with Crippen molar-refractivity contribution in [2.24, 2.45) is 5.92 Å². The highest BCUT2D eigenvalue weighted by atomic mass is 16.1. The summed E-state index contributed by atoms with van der Waals surface area (Å²) < 4.78 is 0. The predicted molar refractivity (Wildman–Crippen MR) is 66.7 cm³/mol. The van der Waals surface area contributed by atoms with Crippen molar-refractivity contribution in [1.29, 1.82) is 0 Å². The van der Waals surface area contributed by atoms with Gasteiger partial charge in [-0.2, -0.15) is 0 Å². The molecule has 0 aliphatic heterocycles. The Bertz CT molecular complexity index is 361. The molecular weight excluding hydrogens is 196 g/mol. The quantitative estimate of drug-likeness (QED) is 0.698. The molecule has 0 heterocycles. The van der Waals surface area contributed by atoms with Gasteiger partial charge in [0.05, 0.1) is 0 Å². The molecule has 1 aliphatic carbocycles. The number of ketones is 1. The maximum atomic E-state index is 12.3. The summed E-state index contributed by atoms with van der Waals surface area (Å²) in [7, 11) is 0. The van der Waals surface area contributed by atoms with Crippen molar-refractivity contribution in [1.82, 2.24) is 0 Å². The molecule has 0 atom stereocenters. The van der Waals surface area contributed by atoms with Crippen LogP contribution in [0.2, 0.25) is 0 Å². The highest BCUT2D eigenvalue weighted by molar-refractivity contribution is 5.98. The zero-order valence-corrected chi connectivity index (χ0v) is 10.0. The lowest BCUT2D eigenvalue weighted by molar-refractivity contribution is 0.0889. The fourth-order valence-corrected chi connectivity index (χ4v) is 2.54. The van der Waals surface area contributed by atoms with E-state index in [-0.39, 0.29) is 0 Å². The Labute approximate surface area is 97.9 Å². The molecular formula is C15H20O. The van der Waals surface area contributed by atoms with E-state index in [0.29, 0.717) is 11.7 Å². The van der Waals surface area contributed by atoms with E-state index >= 15 is 0 Å². The van der Waals surface area contributed by atoms with E-state index in [1.807, 2.05) is 12.1 Å². The molecule has 1 nitrogen and oxygen atoms in total. The monoisotopic (exact) mass is 216 g/mol. The van der Waals surface area contributed by atoms with E-state index in [1.165, 1.54) is 24.8 Å². The molecule has 16 heavy (non-hydrogen) atoms. The summed E-state index contributed by atoms with van der Waals surface area (Å²) in [5.74, 6) is 0.663. The summed E-state index contributed by atoms with van der Waals surface area (Å²) in [5, 5.41) is 0. The van der Waals surface area contributed by atoms with Crippen LogP contribution >= 0.6 is 0 Å². The third-order valence-electron chi connectivity index (χ3n) is 3.60. The number of aryl methyl sites for hydroxylation is 1. The SMILES string of the molecule is CCc1cccc(C(=O)C2CCCCC2)c1. The Balaban J connectivity index is 2.12. The lowest BCUT2D eigenvalue weighted by Gasteiger charge is -2.20. The molecule has 0 unspecified atom stereocenters. The number of Topliss-reactive ketones (excluding diaryl/α,β-unsaturated/α-hetero) is 1. The van der Waals surface area contributed by atoms with Gasteiger partial charge in [0.25, 0.3) is 0 Å². The molecule has 0 aromatic heterocycles. The summed E-state index contributed by atoms with van der Waals surface area (Å²) in [5.41, 5.74) is 2.19. The van der Waals surface area contributed by atoms with E-state index in [2.05, 4.69) is 19.1 Å². The molecule has 1 fully saturated rings. The van der Waals surface area contributed by atoms with Gasteiger partial charge in [-0.1, -0.05) is 44.4 Å². The zero-order valence-electron chi connectivity index (χ0n) is 10.0. The van der Waals surface area contributed by atoms with Gasteiger partial charge in [0, 0.05) is 11.5 Å². The Kier molecular flexibility index (Phi) is 3.76. The number of carbonyl (C=O) groups excluding carboxylic acids is 1. The molecule has 0 N–H and O–H groups in total. The van der Waals surface area contributed by atoms with Crippen LogP contribution in [0.4, 0.5) is 0 Å². The van der Waals surface area contributed by atoms with Gasteiger partial charge in [0.2, 0.25) is 0 Å². The van der Waals surface area contributed by atoms with Crippen LogP contribution in [0.3, 0.4) is 0 Å². The lowest BCUT2D eigenvalue weighted by atomic mass is 9.83. The average molecular weight is 216 g/mol. The van der Waals surface area contributed by atoms with Gasteiger partial charge in [-0.25, -0.2) is 0 Å². The van der Waals surface area contributed by atoms with E-state index < -0.39 is 0 Å². The van der Waals surface area contributed by atoms with Gasteiger partial charge in [-0.3, -0.25) is 4.79 Å². The Morgan fingerprint density at radius 1 is 1.25 bits per heavy atom. The molecule has 1 aliphatic rings. The lowest BCUT2D eigenvalue weighted by Crippen LogP contribution is -2.17. The van der Waals surface area contributed by atoms with Crippen LogP contribution in [0.15, 0.2) is 24.3 Å². The molecule has 1 aromatic rings. The molecule has 0 saturated heterocycles. The third-order valence-corrected chi connectivity index (χ3v) is 3.60. The van der Waals surface area contributed by atoms with Crippen LogP contribution < -0.4 is 0 Å². The van der Waals surface area contributed by atoms with Gasteiger partial charge < -0.3 is 0 Å². The van der Waals surface area contributed by atoms with Gasteiger partial charge in [-0.05, 0) is 30.9 Å². The van der Waals surface area contributed by atoms with Crippen molar-refractivity contribution < 1.29 is 4.79 Å². The van der Waals surface area contributed by atoms with Crippen LogP contribution in [0.1, 0.15) is 54.9 Å². The zero-order chi connectivity index (χ0) is 11.4. The van der Waals surface area contributed by atoms with Crippen molar-refractivity contribution in [3.8, 4) is 0 Å². The smallest absolute Gasteiger partial charge is 0.165 e. The van der Waals surface area contributed by atoms with Crippen LogP contribution in [-0.4, -0.2) is 5.78 Å². The molecule has 0 radical (unpaired) electrons. The largest absolute Gasteiger partial charge is 0.294 e. The fourth-order valence-electron chi connectivity index (χ4n) is 2.54. The van der Waals surface area contributed by atoms with Crippen molar-refractivity contribution in [3.05, 3.63) is 35.4 Å². The second-order valence-corrected chi connectivity index (χ2v) is 4.75. The Morgan fingerprint density at radius 3 is 2.69 bits per heavy atom. The first-order valence-electron chi connectivity index (χ1n) is 6.44. The van der Waals surface area contributed by atoms with Crippen LogP contribution in [0.25, 0.3) is 0 Å². The minimum Gasteiger partial charge on any atom is -0.294 e. The van der Waals surface area contributed by atoms with Crippen molar-refractivity contribution in [3.63, 3.8) is 0 Å². The summed E-state index contributed by atoms with van der Waals surface area (Å²) in [6.07, 6.45) is 6.95. The fraction of sp³-hybridized carbons (Fsp3) is 0.533. The standard InChI is InChI=1S/C15H20O/c1-2-12-7-6-10-14(11-12)15(16)13-8-4-3-5-9-13/h6-7,10-11,13H,2-5,8-9H2,1H3. The number of hydrogen-bond donors (Lipinski definition) is 0. The van der Waals surface area contributed by atoms with Gasteiger partial charge >= 0.3 is 0 Å². The van der Waals surface area contributed by atoms with Crippen LogP contribution in [0, 0.1) is 5.92 Å². The summed E-state index contributed by atoms with van der Waals surface area (Å²) in [4.78, 5) is 12.3. The first-order valence-corrected chi connectivity index (χ1v) is 6.44. The van der Waals surface area contributed by atoms with E-state index in [9.17, 15) is 4.79 Å². The van der Waals surface area contributed by atoms with E-state index in [1.54, 1.807) is 0 Å². The van der Waals surface area contributed by atoms with Gasteiger partial charge in [0.1, 0.15) is 0 Å². The molecule has 2 rings (SSSR count). The summed E-state index contributed by atoms with van der Waals surface area (Å²) in [6.45, 7) is 2.13. The molecule has 0 spiro atoms. The predicted octanol–water partition coefficient (Wildman–Crippen LogP) is 4.01. The number of carbonyl (C=O) groups is 1. The second-order valence-electron chi connectivity index (χ2n) is 4.75. The van der Waals surface area contributed by atoms with E-state index in [4.69, 9.17) is 0 Å². The molecule has 86 valence electrons. The van der Waals surface area contributed by atoms with Gasteiger partial charge in [-0.15, -0.1) is 0 Å². The van der Waals surface area contributed by atoms with Crippen molar-refractivity contribution >= 4 is 5.78 Å². The van der Waals surface area contributed by atoms with Crippen molar-refractivity contribution in [2.75, 3.05) is 0 Å². The molecule has 0 bridgehead atoms. The first-order chi connectivity index (χ1) is 7.81. The molecule has 1 heteroatoms. The van der Waals surface area contributed by atoms with Gasteiger partial charge in [0.15, 0.2) is 5.78 Å². The molecule has 1 saturated carbocycles. The second kappa shape index (κ2) is 5.29. The topological polar surface area (TPSA) is 17.1 Å². The normalized spacial score (nSPS) is 17.3. The summed E-state index contributed by atoms with van der Waals surface area (Å²) in [6, 6.07) is 8.14. The minimum absolute atomic E-state index is 0.292. The first kappa shape index (κ1) is 11.4. The number of hydrogen-bond acceptors (Lipinski definition) is 1. The summed E-state index contributed by atoms with van der Waals surface area (Å²) >= 11 is 0. The maximum absolute atomic E-state index is 12.3. The van der Waals surface area contributed by atoms with E-state index in [0.717, 1.165) is 24.8 Å². The Hall–Kier alpha value is -1.11. The maximum Gasteiger partial charge on any atom is 0.165 e. The van der Waals surface area contributed by atoms with Crippen LogP contribution in [-0.2, 0) is 6.42 Å². The third kappa shape index (κ3) is 2.52. The number of rotatable bonds is 3. The number of benzene rings is 1. The average Bonchev–Trinajstić information content (AvgIpc) is 2.39.